The topological polar surface area (TPSA) is 35.2 Å². The molecule has 2 nitrogen and oxygen atoms in total. The highest BCUT2D eigenvalue weighted by Crippen LogP contribution is 2.44. The van der Waals surface area contributed by atoms with E-state index in [0.717, 1.165) is 17.1 Å². The standard InChI is InChI=1S/C12H15F2NOS2/c13-12(14)16-10-3-2-8(6-9(10)7-15)11-17-4-1-5-18-11/h2-3,6,11-12H,1,4-5,7,15H2. The number of ether oxygens (including phenoxy) is 1. The van der Waals surface area contributed by atoms with Crippen molar-refractivity contribution in [2.75, 3.05) is 11.5 Å². The third kappa shape index (κ3) is 3.52. The molecule has 0 bridgehead atoms. The Bertz CT molecular complexity index is 398. The Morgan fingerprint density at radius 3 is 2.67 bits per heavy atom. The maximum atomic E-state index is 12.2. The molecule has 1 heterocycles. The van der Waals surface area contributed by atoms with Gasteiger partial charge in [0, 0.05) is 12.1 Å². The summed E-state index contributed by atoms with van der Waals surface area (Å²) < 4.78 is 29.3. The van der Waals surface area contributed by atoms with E-state index in [0.29, 0.717) is 10.1 Å². The molecular weight excluding hydrogens is 276 g/mol. The van der Waals surface area contributed by atoms with Gasteiger partial charge in [-0.3, -0.25) is 0 Å². The number of rotatable bonds is 4. The van der Waals surface area contributed by atoms with Gasteiger partial charge in [0.05, 0.1) is 4.58 Å². The molecule has 1 aliphatic rings. The van der Waals surface area contributed by atoms with Gasteiger partial charge in [-0.25, -0.2) is 0 Å². The fraction of sp³-hybridized carbons (Fsp3) is 0.500. The highest BCUT2D eigenvalue weighted by atomic mass is 32.2. The predicted molar refractivity (Wildman–Crippen MR) is 73.2 cm³/mol. The van der Waals surface area contributed by atoms with Crippen molar-refractivity contribution in [2.45, 2.75) is 24.2 Å². The molecule has 2 rings (SSSR count). The van der Waals surface area contributed by atoms with Crippen molar-refractivity contribution < 1.29 is 13.5 Å². The van der Waals surface area contributed by atoms with Crippen LogP contribution in [0.3, 0.4) is 0 Å². The molecule has 1 aromatic rings. The number of benzene rings is 1. The highest BCUT2D eigenvalue weighted by molar-refractivity contribution is 8.16. The quantitative estimate of drug-likeness (QED) is 0.919. The molecule has 1 aliphatic heterocycles. The van der Waals surface area contributed by atoms with Crippen molar-refractivity contribution >= 4 is 23.5 Å². The molecule has 1 fully saturated rings. The van der Waals surface area contributed by atoms with Crippen molar-refractivity contribution in [2.24, 2.45) is 5.73 Å². The van der Waals surface area contributed by atoms with Crippen molar-refractivity contribution in [3.63, 3.8) is 0 Å². The van der Waals surface area contributed by atoms with Gasteiger partial charge in [0.2, 0.25) is 0 Å². The SMILES string of the molecule is NCc1cc(C2SCCCS2)ccc1OC(F)F. The second-order valence-corrected chi connectivity index (χ2v) is 6.60. The lowest BCUT2D eigenvalue weighted by Gasteiger charge is -2.22. The van der Waals surface area contributed by atoms with E-state index in [9.17, 15) is 8.78 Å². The summed E-state index contributed by atoms with van der Waals surface area (Å²) >= 11 is 3.78. The van der Waals surface area contributed by atoms with Gasteiger partial charge in [-0.15, -0.1) is 23.5 Å². The van der Waals surface area contributed by atoms with E-state index in [2.05, 4.69) is 4.74 Å². The molecule has 1 saturated heterocycles. The zero-order valence-corrected chi connectivity index (χ0v) is 11.4. The Morgan fingerprint density at radius 2 is 2.06 bits per heavy atom. The van der Waals surface area contributed by atoms with Gasteiger partial charge in [-0.05, 0) is 35.6 Å². The average molecular weight is 291 g/mol. The number of halogens is 2. The first-order valence-corrected chi connectivity index (χ1v) is 7.81. The highest BCUT2D eigenvalue weighted by Gasteiger charge is 2.18. The summed E-state index contributed by atoms with van der Waals surface area (Å²) in [5.41, 5.74) is 7.36. The fourth-order valence-electron chi connectivity index (χ4n) is 1.80. The van der Waals surface area contributed by atoms with Crippen molar-refractivity contribution in [3.05, 3.63) is 29.3 Å². The normalized spacial score (nSPS) is 17.1. The van der Waals surface area contributed by atoms with Crippen LogP contribution in [-0.4, -0.2) is 18.1 Å². The van der Waals surface area contributed by atoms with Crippen molar-refractivity contribution in [1.82, 2.24) is 0 Å². The molecule has 0 saturated carbocycles. The van der Waals surface area contributed by atoms with Gasteiger partial charge in [-0.2, -0.15) is 8.78 Å². The minimum atomic E-state index is -2.81. The zero-order chi connectivity index (χ0) is 13.0. The van der Waals surface area contributed by atoms with Crippen LogP contribution < -0.4 is 10.5 Å². The van der Waals surface area contributed by atoms with Crippen LogP contribution in [0.4, 0.5) is 8.78 Å². The number of alkyl halides is 2. The second-order valence-electron chi connectivity index (χ2n) is 3.88. The Morgan fingerprint density at radius 1 is 1.33 bits per heavy atom. The van der Waals surface area contributed by atoms with E-state index < -0.39 is 6.61 Å². The van der Waals surface area contributed by atoms with E-state index in [1.807, 2.05) is 35.7 Å². The van der Waals surface area contributed by atoms with Crippen LogP contribution in [0.1, 0.15) is 22.1 Å². The molecule has 0 amide bonds. The number of nitrogens with two attached hydrogens (primary N) is 1. The largest absolute Gasteiger partial charge is 0.434 e. The molecule has 1 aromatic carbocycles. The zero-order valence-electron chi connectivity index (χ0n) is 9.77. The first-order valence-electron chi connectivity index (χ1n) is 5.71. The van der Waals surface area contributed by atoms with E-state index in [1.54, 1.807) is 6.07 Å². The number of thioether (sulfide) groups is 2. The Hall–Kier alpha value is -0.460. The third-order valence-electron chi connectivity index (χ3n) is 2.62. The van der Waals surface area contributed by atoms with Gasteiger partial charge in [0.15, 0.2) is 0 Å². The Labute approximate surface area is 114 Å². The van der Waals surface area contributed by atoms with Crippen LogP contribution in [0.15, 0.2) is 18.2 Å². The van der Waals surface area contributed by atoms with E-state index >= 15 is 0 Å². The molecule has 0 aliphatic carbocycles. The lowest BCUT2D eigenvalue weighted by Crippen LogP contribution is -2.08. The molecule has 6 heteroatoms. The summed E-state index contributed by atoms with van der Waals surface area (Å²) in [5, 5.41) is 0. The molecule has 0 aromatic heterocycles. The summed E-state index contributed by atoms with van der Waals surface area (Å²) in [6.07, 6.45) is 1.22. The van der Waals surface area contributed by atoms with E-state index in [-0.39, 0.29) is 12.3 Å². The first-order chi connectivity index (χ1) is 8.70. The first kappa shape index (κ1) is 14.0. The summed E-state index contributed by atoms with van der Waals surface area (Å²) in [6.45, 7) is -2.60. The lowest BCUT2D eigenvalue weighted by molar-refractivity contribution is -0.0504. The molecule has 0 spiro atoms. The Kier molecular flexibility index (Phi) is 5.14. The molecule has 100 valence electrons. The van der Waals surface area contributed by atoms with Crippen molar-refractivity contribution in [3.8, 4) is 5.75 Å². The van der Waals surface area contributed by atoms with E-state index in [1.165, 1.54) is 6.42 Å². The van der Waals surface area contributed by atoms with Gasteiger partial charge >= 0.3 is 6.61 Å². The van der Waals surface area contributed by atoms with Crippen molar-refractivity contribution in [1.29, 1.82) is 0 Å². The van der Waals surface area contributed by atoms with Crippen LogP contribution in [0.25, 0.3) is 0 Å². The van der Waals surface area contributed by atoms with Gasteiger partial charge in [-0.1, -0.05) is 6.07 Å². The molecule has 0 atom stereocenters. The summed E-state index contributed by atoms with van der Waals surface area (Å²) in [6, 6.07) is 5.33. The third-order valence-corrected chi connectivity index (χ3v) is 5.63. The maximum absolute atomic E-state index is 12.2. The molecular formula is C12H15F2NOS2. The monoisotopic (exact) mass is 291 g/mol. The van der Waals surface area contributed by atoms with Gasteiger partial charge in [0.1, 0.15) is 5.75 Å². The summed E-state index contributed by atoms with van der Waals surface area (Å²) in [7, 11) is 0. The minimum Gasteiger partial charge on any atom is -0.434 e. The molecule has 0 radical (unpaired) electrons. The summed E-state index contributed by atoms with van der Waals surface area (Å²) in [5.74, 6) is 2.47. The van der Waals surface area contributed by atoms with Crippen LogP contribution in [0.2, 0.25) is 0 Å². The van der Waals surface area contributed by atoms with Crippen LogP contribution in [0, 0.1) is 0 Å². The maximum Gasteiger partial charge on any atom is 0.387 e. The summed E-state index contributed by atoms with van der Waals surface area (Å²) in [4.78, 5) is 0. The van der Waals surface area contributed by atoms with Crippen LogP contribution in [0.5, 0.6) is 5.75 Å². The predicted octanol–water partition coefficient (Wildman–Crippen LogP) is 3.62. The number of hydrogen-bond acceptors (Lipinski definition) is 4. The Balaban J connectivity index is 2.17. The van der Waals surface area contributed by atoms with Crippen LogP contribution >= 0.6 is 23.5 Å². The molecule has 2 N–H and O–H groups in total. The molecule has 0 unspecified atom stereocenters. The van der Waals surface area contributed by atoms with Gasteiger partial charge < -0.3 is 10.5 Å². The smallest absolute Gasteiger partial charge is 0.387 e. The van der Waals surface area contributed by atoms with E-state index in [4.69, 9.17) is 5.73 Å². The fourth-order valence-corrected chi connectivity index (χ4v) is 4.67. The minimum absolute atomic E-state index is 0.182. The second kappa shape index (κ2) is 6.63. The van der Waals surface area contributed by atoms with Gasteiger partial charge in [0.25, 0.3) is 0 Å². The van der Waals surface area contributed by atoms with Crippen LogP contribution in [-0.2, 0) is 6.54 Å². The molecule has 18 heavy (non-hydrogen) atoms. The average Bonchev–Trinajstić information content (AvgIpc) is 2.39. The lowest BCUT2D eigenvalue weighted by atomic mass is 10.1. The number of hydrogen-bond donors (Lipinski definition) is 1.